The minimum atomic E-state index is -0.0811. The second-order valence-electron chi connectivity index (χ2n) is 4.11. The van der Waals surface area contributed by atoms with E-state index in [0.29, 0.717) is 29.4 Å². The zero-order chi connectivity index (χ0) is 13.5. The molecule has 18 heavy (non-hydrogen) atoms. The van der Waals surface area contributed by atoms with E-state index in [1.54, 1.807) is 25.3 Å². The molecule has 0 radical (unpaired) electrons. The summed E-state index contributed by atoms with van der Waals surface area (Å²) in [6.07, 6.45) is 1.29. The number of hydrogen-bond donors (Lipinski definition) is 2. The topological polar surface area (TPSA) is 64.4 Å². The molecule has 0 heterocycles. The molecule has 4 nitrogen and oxygen atoms in total. The molecule has 0 saturated heterocycles. The van der Waals surface area contributed by atoms with Crippen LogP contribution >= 0.6 is 11.6 Å². The van der Waals surface area contributed by atoms with Gasteiger partial charge in [0.2, 0.25) is 5.91 Å². The van der Waals surface area contributed by atoms with Crippen molar-refractivity contribution in [2.45, 2.75) is 19.8 Å². The van der Waals surface area contributed by atoms with E-state index in [4.69, 9.17) is 22.1 Å². The largest absolute Gasteiger partial charge is 0.497 e. The molecule has 0 bridgehead atoms. The van der Waals surface area contributed by atoms with Crippen molar-refractivity contribution >= 4 is 23.2 Å². The highest BCUT2D eigenvalue weighted by atomic mass is 35.5. The molecule has 1 amide bonds. The van der Waals surface area contributed by atoms with Crippen LogP contribution in [0, 0.1) is 5.92 Å². The van der Waals surface area contributed by atoms with Gasteiger partial charge in [-0.05, 0) is 24.6 Å². The molecule has 5 heteroatoms. The fourth-order valence-electron chi connectivity index (χ4n) is 1.58. The van der Waals surface area contributed by atoms with Crippen LogP contribution in [-0.4, -0.2) is 19.6 Å². The summed E-state index contributed by atoms with van der Waals surface area (Å²) in [6, 6.07) is 5.13. The fourth-order valence-corrected chi connectivity index (χ4v) is 1.75. The third-order valence-corrected chi connectivity index (χ3v) is 3.16. The second kappa shape index (κ2) is 7.24. The smallest absolute Gasteiger partial charge is 0.224 e. The van der Waals surface area contributed by atoms with Gasteiger partial charge < -0.3 is 15.8 Å². The monoisotopic (exact) mass is 270 g/mol. The Morgan fingerprint density at radius 2 is 2.28 bits per heavy atom. The molecule has 0 aliphatic heterocycles. The van der Waals surface area contributed by atoms with Crippen molar-refractivity contribution in [3.05, 3.63) is 23.2 Å². The van der Waals surface area contributed by atoms with Gasteiger partial charge in [0.25, 0.3) is 0 Å². The summed E-state index contributed by atoms with van der Waals surface area (Å²) < 4.78 is 5.08. The molecule has 1 aromatic rings. The van der Waals surface area contributed by atoms with Crippen LogP contribution in [-0.2, 0) is 4.79 Å². The number of methoxy groups -OCH3 is 1. The minimum absolute atomic E-state index is 0.0811. The predicted octanol–water partition coefficient (Wildman–Crippen LogP) is 2.66. The van der Waals surface area contributed by atoms with Crippen molar-refractivity contribution in [3.8, 4) is 5.75 Å². The number of nitrogens with two attached hydrogens (primary N) is 1. The molecule has 1 unspecified atom stereocenters. The highest BCUT2D eigenvalue weighted by Gasteiger charge is 2.12. The number of ether oxygens (including phenoxy) is 1. The van der Waals surface area contributed by atoms with E-state index < -0.39 is 0 Å². The Bertz CT molecular complexity index is 406. The van der Waals surface area contributed by atoms with E-state index in [1.807, 2.05) is 6.92 Å². The Kier molecular flexibility index (Phi) is 5.95. The molecular formula is C13H19ClN2O2. The van der Waals surface area contributed by atoms with Crippen LogP contribution in [0.2, 0.25) is 5.02 Å². The summed E-state index contributed by atoms with van der Waals surface area (Å²) in [5, 5.41) is 3.27. The van der Waals surface area contributed by atoms with Crippen LogP contribution in [0.5, 0.6) is 5.75 Å². The summed E-state index contributed by atoms with van der Waals surface area (Å²) in [7, 11) is 1.57. The Morgan fingerprint density at radius 1 is 1.56 bits per heavy atom. The Morgan fingerprint density at radius 3 is 2.83 bits per heavy atom. The first-order chi connectivity index (χ1) is 8.60. The van der Waals surface area contributed by atoms with Gasteiger partial charge in [0.1, 0.15) is 5.75 Å². The number of rotatable bonds is 6. The van der Waals surface area contributed by atoms with E-state index in [2.05, 4.69) is 5.32 Å². The van der Waals surface area contributed by atoms with Crippen molar-refractivity contribution in [1.82, 2.24) is 0 Å². The number of nitrogens with one attached hydrogen (secondary N) is 1. The molecule has 3 N–H and O–H groups in total. The van der Waals surface area contributed by atoms with E-state index >= 15 is 0 Å². The lowest BCUT2D eigenvalue weighted by Gasteiger charge is -2.13. The van der Waals surface area contributed by atoms with E-state index in [9.17, 15) is 4.79 Å². The fraction of sp³-hybridized carbons (Fsp3) is 0.462. The van der Waals surface area contributed by atoms with E-state index in [-0.39, 0.29) is 11.8 Å². The van der Waals surface area contributed by atoms with Crippen LogP contribution in [0.4, 0.5) is 5.69 Å². The van der Waals surface area contributed by atoms with Crippen LogP contribution < -0.4 is 15.8 Å². The molecule has 1 rings (SSSR count). The first kappa shape index (κ1) is 14.8. The van der Waals surface area contributed by atoms with Gasteiger partial charge in [-0.15, -0.1) is 0 Å². The maximum absolute atomic E-state index is 11.8. The Balaban J connectivity index is 2.69. The maximum atomic E-state index is 11.8. The van der Waals surface area contributed by atoms with Gasteiger partial charge in [-0.2, -0.15) is 0 Å². The third-order valence-electron chi connectivity index (χ3n) is 2.83. The van der Waals surface area contributed by atoms with Gasteiger partial charge in [0.05, 0.1) is 17.8 Å². The lowest BCUT2D eigenvalue weighted by atomic mass is 10.0. The highest BCUT2D eigenvalue weighted by molar-refractivity contribution is 6.33. The lowest BCUT2D eigenvalue weighted by Crippen LogP contribution is -2.21. The summed E-state index contributed by atoms with van der Waals surface area (Å²) >= 11 is 6.01. The zero-order valence-electron chi connectivity index (χ0n) is 10.7. The SMILES string of the molecule is CCC(CN)CC(=O)Nc1cc(OC)ccc1Cl. The molecule has 0 saturated carbocycles. The number of carbonyl (C=O) groups is 1. The molecule has 0 aliphatic carbocycles. The quantitative estimate of drug-likeness (QED) is 0.835. The maximum Gasteiger partial charge on any atom is 0.224 e. The van der Waals surface area contributed by atoms with Crippen molar-refractivity contribution in [2.24, 2.45) is 11.7 Å². The van der Waals surface area contributed by atoms with Gasteiger partial charge in [0.15, 0.2) is 0 Å². The van der Waals surface area contributed by atoms with Crippen molar-refractivity contribution in [3.63, 3.8) is 0 Å². The van der Waals surface area contributed by atoms with Crippen LogP contribution in [0.3, 0.4) is 0 Å². The molecule has 1 atom stereocenters. The number of benzene rings is 1. The third kappa shape index (κ3) is 4.20. The molecule has 1 aromatic carbocycles. The number of amides is 1. The summed E-state index contributed by atoms with van der Waals surface area (Å²) in [6.45, 7) is 2.53. The summed E-state index contributed by atoms with van der Waals surface area (Å²) in [4.78, 5) is 11.8. The van der Waals surface area contributed by atoms with Crippen molar-refractivity contribution < 1.29 is 9.53 Å². The molecule has 0 spiro atoms. The number of hydrogen-bond acceptors (Lipinski definition) is 3. The van der Waals surface area contributed by atoms with Gasteiger partial charge >= 0.3 is 0 Å². The van der Waals surface area contributed by atoms with Gasteiger partial charge in [-0.1, -0.05) is 24.9 Å². The number of halogens is 1. The normalized spacial score (nSPS) is 12.0. The van der Waals surface area contributed by atoms with Crippen molar-refractivity contribution in [1.29, 1.82) is 0 Å². The van der Waals surface area contributed by atoms with Gasteiger partial charge in [0, 0.05) is 12.5 Å². The standard InChI is InChI=1S/C13H19ClN2O2/c1-3-9(8-15)6-13(17)16-12-7-10(18-2)4-5-11(12)14/h4-5,7,9H,3,6,8,15H2,1-2H3,(H,16,17). The van der Waals surface area contributed by atoms with E-state index in [1.165, 1.54) is 0 Å². The Hall–Kier alpha value is -1.26. The van der Waals surface area contributed by atoms with Crippen LogP contribution in [0.25, 0.3) is 0 Å². The van der Waals surface area contributed by atoms with Gasteiger partial charge in [-0.3, -0.25) is 4.79 Å². The molecule has 0 fully saturated rings. The summed E-state index contributed by atoms with van der Waals surface area (Å²) in [5.41, 5.74) is 6.14. The molecule has 100 valence electrons. The van der Waals surface area contributed by atoms with Crippen LogP contribution in [0.15, 0.2) is 18.2 Å². The molecule has 0 aromatic heterocycles. The molecular weight excluding hydrogens is 252 g/mol. The summed E-state index contributed by atoms with van der Waals surface area (Å²) in [5.74, 6) is 0.775. The Labute approximate surface area is 112 Å². The number of anilines is 1. The van der Waals surface area contributed by atoms with Crippen LogP contribution in [0.1, 0.15) is 19.8 Å². The minimum Gasteiger partial charge on any atom is -0.497 e. The number of carbonyl (C=O) groups excluding carboxylic acids is 1. The highest BCUT2D eigenvalue weighted by Crippen LogP contribution is 2.27. The predicted molar refractivity (Wildman–Crippen MR) is 74.1 cm³/mol. The van der Waals surface area contributed by atoms with Gasteiger partial charge in [-0.25, -0.2) is 0 Å². The zero-order valence-corrected chi connectivity index (χ0v) is 11.5. The van der Waals surface area contributed by atoms with E-state index in [0.717, 1.165) is 6.42 Å². The first-order valence-corrected chi connectivity index (χ1v) is 6.32. The lowest BCUT2D eigenvalue weighted by molar-refractivity contribution is -0.117. The average Bonchev–Trinajstić information content (AvgIpc) is 2.38. The first-order valence-electron chi connectivity index (χ1n) is 5.94. The average molecular weight is 271 g/mol. The molecule has 0 aliphatic rings. The van der Waals surface area contributed by atoms with Crippen molar-refractivity contribution in [2.75, 3.05) is 19.0 Å². The second-order valence-corrected chi connectivity index (χ2v) is 4.52.